The quantitative estimate of drug-likeness (QED) is 0.184. The molecule has 0 amide bonds. The molecular formula is C10H23N3O2. The fourth-order valence-corrected chi connectivity index (χ4v) is 1.27. The Morgan fingerprint density at radius 1 is 1.53 bits per heavy atom. The molecule has 90 valence electrons. The smallest absolute Gasteiger partial charge is 0.139 e. The highest BCUT2D eigenvalue weighted by molar-refractivity contribution is 5.79. The van der Waals surface area contributed by atoms with E-state index in [9.17, 15) is 0 Å². The van der Waals surface area contributed by atoms with Crippen molar-refractivity contribution < 1.29 is 9.94 Å². The lowest BCUT2D eigenvalue weighted by molar-refractivity contribution is 0.147. The summed E-state index contributed by atoms with van der Waals surface area (Å²) in [6.45, 7) is 5.87. The van der Waals surface area contributed by atoms with Crippen molar-refractivity contribution in [3.8, 4) is 0 Å². The van der Waals surface area contributed by atoms with Gasteiger partial charge in [0, 0.05) is 19.6 Å². The number of oxime groups is 1. The highest BCUT2D eigenvalue weighted by Gasteiger charge is 2.11. The summed E-state index contributed by atoms with van der Waals surface area (Å²) < 4.78 is 5.11. The van der Waals surface area contributed by atoms with Crippen LogP contribution in [0.15, 0.2) is 5.16 Å². The van der Waals surface area contributed by atoms with Gasteiger partial charge < -0.3 is 21.0 Å². The Morgan fingerprint density at radius 2 is 2.20 bits per heavy atom. The molecule has 0 heterocycles. The third-order valence-electron chi connectivity index (χ3n) is 2.30. The summed E-state index contributed by atoms with van der Waals surface area (Å²) in [7, 11) is 1.70. The van der Waals surface area contributed by atoms with Crippen LogP contribution in [0.2, 0.25) is 0 Å². The molecule has 1 atom stereocenters. The van der Waals surface area contributed by atoms with Crippen LogP contribution in [0, 0.1) is 5.92 Å². The van der Waals surface area contributed by atoms with Crippen molar-refractivity contribution >= 4 is 5.84 Å². The lowest BCUT2D eigenvalue weighted by Gasteiger charge is -2.21. The molecule has 0 saturated heterocycles. The first-order valence-electron chi connectivity index (χ1n) is 5.30. The van der Waals surface area contributed by atoms with Gasteiger partial charge in [-0.1, -0.05) is 19.0 Å². The van der Waals surface area contributed by atoms with E-state index >= 15 is 0 Å². The van der Waals surface area contributed by atoms with E-state index in [0.717, 1.165) is 13.0 Å². The highest BCUT2D eigenvalue weighted by atomic mass is 16.5. The molecule has 0 aromatic carbocycles. The first-order chi connectivity index (χ1) is 7.11. The van der Waals surface area contributed by atoms with E-state index in [2.05, 4.69) is 24.3 Å². The minimum atomic E-state index is 0.282. The van der Waals surface area contributed by atoms with Crippen molar-refractivity contribution in [2.24, 2.45) is 16.8 Å². The topological polar surface area (TPSA) is 79.9 Å². The van der Waals surface area contributed by atoms with Gasteiger partial charge in [0.25, 0.3) is 0 Å². The molecule has 5 heteroatoms. The molecule has 0 bridgehead atoms. The standard InChI is InChI=1S/C10H23N3O2/c1-8(2)9(7-15-3)12-6-4-5-10(11)13-14/h8-9,12,14H,4-7H2,1-3H3,(H2,11,13). The molecule has 0 aliphatic rings. The maximum Gasteiger partial charge on any atom is 0.139 e. The summed E-state index contributed by atoms with van der Waals surface area (Å²) in [6.07, 6.45) is 1.48. The molecule has 4 N–H and O–H groups in total. The second-order valence-corrected chi connectivity index (χ2v) is 3.95. The molecule has 15 heavy (non-hydrogen) atoms. The monoisotopic (exact) mass is 217 g/mol. The van der Waals surface area contributed by atoms with E-state index in [-0.39, 0.29) is 5.84 Å². The molecule has 0 aliphatic carbocycles. The zero-order chi connectivity index (χ0) is 11.7. The molecule has 5 nitrogen and oxygen atoms in total. The summed E-state index contributed by atoms with van der Waals surface area (Å²) >= 11 is 0. The van der Waals surface area contributed by atoms with Crippen molar-refractivity contribution in [3.63, 3.8) is 0 Å². The lowest BCUT2D eigenvalue weighted by atomic mass is 10.1. The van der Waals surface area contributed by atoms with E-state index in [1.165, 1.54) is 0 Å². The van der Waals surface area contributed by atoms with Gasteiger partial charge in [-0.3, -0.25) is 0 Å². The number of rotatable bonds is 8. The summed E-state index contributed by atoms with van der Waals surface area (Å²) in [4.78, 5) is 0. The molecule has 0 aromatic rings. The SMILES string of the molecule is COCC(NCCCC(N)=NO)C(C)C. The lowest BCUT2D eigenvalue weighted by Crippen LogP contribution is -2.38. The molecule has 0 saturated carbocycles. The Balaban J connectivity index is 3.62. The number of hydrogen-bond donors (Lipinski definition) is 3. The fraction of sp³-hybridized carbons (Fsp3) is 0.900. The normalized spacial score (nSPS) is 14.5. The molecule has 0 aromatic heterocycles. The number of amidine groups is 1. The van der Waals surface area contributed by atoms with Gasteiger partial charge in [-0.15, -0.1) is 0 Å². The van der Waals surface area contributed by atoms with Gasteiger partial charge >= 0.3 is 0 Å². The number of ether oxygens (including phenoxy) is 1. The molecule has 0 spiro atoms. The van der Waals surface area contributed by atoms with Crippen molar-refractivity contribution in [1.82, 2.24) is 5.32 Å². The van der Waals surface area contributed by atoms with E-state index in [1.807, 2.05) is 0 Å². The van der Waals surface area contributed by atoms with Crippen LogP contribution >= 0.6 is 0 Å². The fourth-order valence-electron chi connectivity index (χ4n) is 1.27. The summed E-state index contributed by atoms with van der Waals surface area (Å²) in [5.74, 6) is 0.818. The van der Waals surface area contributed by atoms with Gasteiger partial charge in [0.2, 0.25) is 0 Å². The first-order valence-corrected chi connectivity index (χ1v) is 5.30. The minimum Gasteiger partial charge on any atom is -0.409 e. The van der Waals surface area contributed by atoms with Gasteiger partial charge in [0.05, 0.1) is 6.61 Å². The summed E-state index contributed by atoms with van der Waals surface area (Å²) in [5, 5.41) is 14.6. The zero-order valence-electron chi connectivity index (χ0n) is 9.86. The second-order valence-electron chi connectivity index (χ2n) is 3.95. The summed E-state index contributed by atoms with van der Waals surface area (Å²) in [5.41, 5.74) is 5.36. The van der Waals surface area contributed by atoms with Crippen molar-refractivity contribution in [2.45, 2.75) is 32.7 Å². The predicted molar refractivity (Wildman–Crippen MR) is 61.1 cm³/mol. The van der Waals surface area contributed by atoms with Gasteiger partial charge in [0.15, 0.2) is 0 Å². The zero-order valence-corrected chi connectivity index (χ0v) is 9.86. The van der Waals surface area contributed by atoms with Crippen LogP contribution in [0.1, 0.15) is 26.7 Å². The molecular weight excluding hydrogens is 194 g/mol. The number of nitrogens with zero attached hydrogens (tertiary/aromatic N) is 1. The molecule has 0 aliphatic heterocycles. The molecule has 1 unspecified atom stereocenters. The molecule has 0 rings (SSSR count). The van der Waals surface area contributed by atoms with Crippen molar-refractivity contribution in [1.29, 1.82) is 0 Å². The number of nitrogens with one attached hydrogen (secondary N) is 1. The highest BCUT2D eigenvalue weighted by Crippen LogP contribution is 2.02. The number of nitrogens with two attached hydrogens (primary N) is 1. The van der Waals surface area contributed by atoms with Crippen molar-refractivity contribution in [3.05, 3.63) is 0 Å². The third kappa shape index (κ3) is 7.16. The number of methoxy groups -OCH3 is 1. The Hall–Kier alpha value is -0.810. The third-order valence-corrected chi connectivity index (χ3v) is 2.30. The molecule has 0 radical (unpaired) electrons. The van der Waals surface area contributed by atoms with Gasteiger partial charge in [-0.2, -0.15) is 0 Å². The largest absolute Gasteiger partial charge is 0.409 e. The minimum absolute atomic E-state index is 0.282. The van der Waals surface area contributed by atoms with E-state index < -0.39 is 0 Å². The average molecular weight is 217 g/mol. The Kier molecular flexibility index (Phi) is 8.04. The Bertz CT molecular complexity index is 184. The maximum absolute atomic E-state index is 8.34. The van der Waals surface area contributed by atoms with Crippen molar-refractivity contribution in [2.75, 3.05) is 20.3 Å². The Morgan fingerprint density at radius 3 is 2.67 bits per heavy atom. The first kappa shape index (κ1) is 14.2. The van der Waals surface area contributed by atoms with Crippen LogP contribution in [0.5, 0.6) is 0 Å². The van der Waals surface area contributed by atoms with Crippen LogP contribution in [-0.2, 0) is 4.74 Å². The van der Waals surface area contributed by atoms with Crippen LogP contribution < -0.4 is 11.1 Å². The summed E-state index contributed by atoms with van der Waals surface area (Å²) in [6, 6.07) is 0.363. The Labute approximate surface area is 91.7 Å². The molecule has 0 fully saturated rings. The van der Waals surface area contributed by atoms with Crippen LogP contribution in [-0.4, -0.2) is 37.3 Å². The number of hydrogen-bond acceptors (Lipinski definition) is 4. The van der Waals surface area contributed by atoms with E-state index in [0.29, 0.717) is 25.0 Å². The van der Waals surface area contributed by atoms with Crippen LogP contribution in [0.25, 0.3) is 0 Å². The van der Waals surface area contributed by atoms with Gasteiger partial charge in [-0.25, -0.2) is 0 Å². The van der Waals surface area contributed by atoms with Gasteiger partial charge in [-0.05, 0) is 18.9 Å². The van der Waals surface area contributed by atoms with E-state index in [4.69, 9.17) is 15.7 Å². The second kappa shape index (κ2) is 8.49. The van der Waals surface area contributed by atoms with E-state index in [1.54, 1.807) is 7.11 Å². The van der Waals surface area contributed by atoms with Crippen LogP contribution in [0.4, 0.5) is 0 Å². The van der Waals surface area contributed by atoms with Crippen LogP contribution in [0.3, 0.4) is 0 Å². The van der Waals surface area contributed by atoms with Gasteiger partial charge in [0.1, 0.15) is 5.84 Å². The maximum atomic E-state index is 8.34. The predicted octanol–water partition coefficient (Wildman–Crippen LogP) is 0.774. The average Bonchev–Trinajstić information content (AvgIpc) is 2.21.